The van der Waals surface area contributed by atoms with Crippen molar-refractivity contribution in [2.24, 2.45) is 11.8 Å². The van der Waals surface area contributed by atoms with E-state index in [0.717, 1.165) is 43.0 Å². The van der Waals surface area contributed by atoms with Gasteiger partial charge in [0, 0.05) is 13.0 Å². The van der Waals surface area contributed by atoms with Crippen molar-refractivity contribution in [2.45, 2.75) is 38.6 Å². The molecule has 2 fully saturated rings. The third kappa shape index (κ3) is 4.03. The van der Waals surface area contributed by atoms with Crippen LogP contribution in [-0.2, 0) is 9.59 Å². The first-order chi connectivity index (χ1) is 12.5. The predicted octanol–water partition coefficient (Wildman–Crippen LogP) is 2.21. The lowest BCUT2D eigenvalue weighted by molar-refractivity contribution is -0.127. The van der Waals surface area contributed by atoms with Gasteiger partial charge in [0.15, 0.2) is 0 Å². The van der Waals surface area contributed by atoms with Crippen molar-refractivity contribution in [3.8, 4) is 0 Å². The van der Waals surface area contributed by atoms with E-state index in [9.17, 15) is 18.4 Å². The Labute approximate surface area is 152 Å². The predicted molar refractivity (Wildman–Crippen MR) is 94.6 cm³/mol. The van der Waals surface area contributed by atoms with Crippen molar-refractivity contribution in [3.05, 3.63) is 29.8 Å². The molecule has 26 heavy (non-hydrogen) atoms. The first-order valence-electron chi connectivity index (χ1n) is 9.23. The molecule has 0 aromatic heterocycles. The van der Waals surface area contributed by atoms with Gasteiger partial charge < -0.3 is 15.5 Å². The molecule has 2 aliphatic heterocycles. The Morgan fingerprint density at radius 2 is 2.08 bits per heavy atom. The third-order valence-corrected chi connectivity index (χ3v) is 5.40. The van der Waals surface area contributed by atoms with Crippen LogP contribution in [0.2, 0.25) is 0 Å². The van der Waals surface area contributed by atoms with Crippen molar-refractivity contribution in [2.75, 3.05) is 24.5 Å². The summed E-state index contributed by atoms with van der Waals surface area (Å²) in [6.45, 7) is 4.17. The first kappa shape index (κ1) is 18.8. The Balaban J connectivity index is 1.57. The van der Waals surface area contributed by atoms with Gasteiger partial charge in [-0.3, -0.25) is 9.59 Å². The largest absolute Gasteiger partial charge is 0.344 e. The van der Waals surface area contributed by atoms with Gasteiger partial charge in [0.2, 0.25) is 11.8 Å². The fraction of sp³-hybridized carbons (Fsp3) is 0.579. The summed E-state index contributed by atoms with van der Waals surface area (Å²) in [6, 6.07) is 2.78. The number of nitrogens with zero attached hydrogens (tertiary/aromatic N) is 1. The van der Waals surface area contributed by atoms with Crippen LogP contribution in [0.3, 0.4) is 0 Å². The number of para-hydroxylation sites is 1. The summed E-state index contributed by atoms with van der Waals surface area (Å²) in [7, 11) is 0. The molecular weight excluding hydrogens is 340 g/mol. The summed E-state index contributed by atoms with van der Waals surface area (Å²) >= 11 is 0. The van der Waals surface area contributed by atoms with Gasteiger partial charge in [-0.1, -0.05) is 13.0 Å². The average molecular weight is 365 g/mol. The van der Waals surface area contributed by atoms with Gasteiger partial charge in [0.05, 0.1) is 0 Å². The van der Waals surface area contributed by atoms with Crippen molar-refractivity contribution in [1.82, 2.24) is 10.6 Å². The molecule has 2 N–H and O–H groups in total. The zero-order valence-corrected chi connectivity index (χ0v) is 14.9. The minimum atomic E-state index is -0.774. The molecule has 2 heterocycles. The Morgan fingerprint density at radius 1 is 1.35 bits per heavy atom. The van der Waals surface area contributed by atoms with Gasteiger partial charge >= 0.3 is 0 Å². The fourth-order valence-corrected chi connectivity index (χ4v) is 3.86. The van der Waals surface area contributed by atoms with E-state index in [4.69, 9.17) is 0 Å². The molecule has 2 aliphatic rings. The van der Waals surface area contributed by atoms with E-state index in [1.165, 1.54) is 6.07 Å². The minimum absolute atomic E-state index is 0.183. The highest BCUT2D eigenvalue weighted by Gasteiger charge is 2.36. The molecule has 0 bridgehead atoms. The number of carbonyl (C=O) groups is 2. The van der Waals surface area contributed by atoms with E-state index >= 15 is 0 Å². The minimum Gasteiger partial charge on any atom is -0.344 e. The zero-order chi connectivity index (χ0) is 18.7. The number of hydrogen-bond donors (Lipinski definition) is 2. The van der Waals surface area contributed by atoms with Gasteiger partial charge in [0.25, 0.3) is 0 Å². The van der Waals surface area contributed by atoms with Crippen LogP contribution in [-0.4, -0.2) is 37.5 Å². The lowest BCUT2D eigenvalue weighted by atomic mass is 9.85. The van der Waals surface area contributed by atoms with Crippen LogP contribution >= 0.6 is 0 Å². The molecule has 1 aromatic carbocycles. The summed E-state index contributed by atoms with van der Waals surface area (Å²) in [4.78, 5) is 25.9. The summed E-state index contributed by atoms with van der Waals surface area (Å²) in [5.74, 6) is -1.52. The van der Waals surface area contributed by atoms with Gasteiger partial charge in [-0.15, -0.1) is 0 Å². The third-order valence-electron chi connectivity index (χ3n) is 5.40. The van der Waals surface area contributed by atoms with Crippen LogP contribution in [0, 0.1) is 23.5 Å². The maximum Gasteiger partial charge on any atom is 0.249 e. The highest BCUT2D eigenvalue weighted by atomic mass is 19.1. The monoisotopic (exact) mass is 365 g/mol. The highest BCUT2D eigenvalue weighted by molar-refractivity contribution is 6.01. The number of hydrogen-bond acceptors (Lipinski definition) is 3. The average Bonchev–Trinajstić information content (AvgIpc) is 2.96. The topological polar surface area (TPSA) is 61.4 Å². The smallest absolute Gasteiger partial charge is 0.249 e. The molecular formula is C19H25F2N3O2. The van der Waals surface area contributed by atoms with Gasteiger partial charge in [-0.25, -0.2) is 8.78 Å². The molecule has 2 amide bonds. The quantitative estimate of drug-likeness (QED) is 0.841. The molecule has 5 nitrogen and oxygen atoms in total. The number of halogens is 2. The normalized spacial score (nSPS) is 24.6. The van der Waals surface area contributed by atoms with Crippen molar-refractivity contribution >= 4 is 17.5 Å². The van der Waals surface area contributed by atoms with Gasteiger partial charge in [-0.05, 0) is 56.3 Å². The van der Waals surface area contributed by atoms with Crippen LogP contribution < -0.4 is 15.5 Å². The lowest BCUT2D eigenvalue weighted by Crippen LogP contribution is -2.43. The summed E-state index contributed by atoms with van der Waals surface area (Å²) in [6.07, 6.45) is 2.91. The van der Waals surface area contributed by atoms with Crippen LogP contribution in [0.15, 0.2) is 18.2 Å². The standard InChI is InChI=1S/C19H25F2N3O2/c1-12(13-4-3-8-22-11-13)10-17(25)23-16-7-9-24(19(16)26)18-14(20)5-2-6-15(18)21/h2,5-6,12-13,16,22H,3-4,7-11H2,1H3,(H,23,25). The number of rotatable bonds is 5. The molecule has 3 atom stereocenters. The molecule has 2 saturated heterocycles. The Bertz CT molecular complexity index is 656. The lowest BCUT2D eigenvalue weighted by Gasteiger charge is -2.28. The summed E-state index contributed by atoms with van der Waals surface area (Å²) in [5, 5.41) is 6.08. The van der Waals surface area contributed by atoms with Gasteiger partial charge in [-0.2, -0.15) is 0 Å². The maximum absolute atomic E-state index is 13.9. The van der Waals surface area contributed by atoms with Crippen LogP contribution in [0.1, 0.15) is 32.6 Å². The Hall–Kier alpha value is -2.02. The fourth-order valence-electron chi connectivity index (χ4n) is 3.86. The number of carbonyl (C=O) groups excluding carboxylic acids is 2. The summed E-state index contributed by atoms with van der Waals surface area (Å²) < 4.78 is 27.8. The number of benzene rings is 1. The van der Waals surface area contributed by atoms with E-state index in [2.05, 4.69) is 17.6 Å². The number of anilines is 1. The molecule has 142 valence electrons. The Kier molecular flexibility index (Phi) is 5.86. The first-order valence-corrected chi connectivity index (χ1v) is 9.23. The molecule has 0 aliphatic carbocycles. The van der Waals surface area contributed by atoms with Crippen molar-refractivity contribution in [1.29, 1.82) is 0 Å². The summed E-state index contributed by atoms with van der Waals surface area (Å²) in [5.41, 5.74) is -0.337. The second-order valence-corrected chi connectivity index (χ2v) is 7.26. The molecule has 3 unspecified atom stereocenters. The van der Waals surface area contributed by atoms with Crippen LogP contribution in [0.25, 0.3) is 0 Å². The second-order valence-electron chi connectivity index (χ2n) is 7.26. The van der Waals surface area contributed by atoms with Crippen LogP contribution in [0.5, 0.6) is 0 Å². The van der Waals surface area contributed by atoms with E-state index < -0.39 is 23.6 Å². The highest BCUT2D eigenvalue weighted by Crippen LogP contribution is 2.28. The zero-order valence-electron chi connectivity index (χ0n) is 14.9. The maximum atomic E-state index is 13.9. The number of nitrogens with one attached hydrogen (secondary N) is 2. The van der Waals surface area contributed by atoms with Crippen molar-refractivity contribution < 1.29 is 18.4 Å². The van der Waals surface area contributed by atoms with E-state index in [1.807, 2.05) is 0 Å². The number of piperidine rings is 1. The van der Waals surface area contributed by atoms with Crippen LogP contribution in [0.4, 0.5) is 14.5 Å². The second kappa shape index (κ2) is 8.12. The molecule has 0 radical (unpaired) electrons. The Morgan fingerprint density at radius 3 is 2.73 bits per heavy atom. The molecule has 7 heteroatoms. The van der Waals surface area contributed by atoms with Gasteiger partial charge in [0.1, 0.15) is 23.4 Å². The molecule has 3 rings (SSSR count). The molecule has 1 aromatic rings. The molecule has 0 spiro atoms. The van der Waals surface area contributed by atoms with E-state index in [-0.39, 0.29) is 24.1 Å². The molecule has 0 saturated carbocycles. The number of amides is 2. The SMILES string of the molecule is CC(CC(=O)NC1CCN(c2c(F)cccc2F)C1=O)C1CCCNC1. The van der Waals surface area contributed by atoms with E-state index in [0.29, 0.717) is 18.8 Å². The van der Waals surface area contributed by atoms with Crippen molar-refractivity contribution in [3.63, 3.8) is 0 Å². The van der Waals surface area contributed by atoms with E-state index in [1.54, 1.807) is 0 Å².